The van der Waals surface area contributed by atoms with Crippen LogP contribution in [0.3, 0.4) is 0 Å². The van der Waals surface area contributed by atoms with Gasteiger partial charge < -0.3 is 19.5 Å². The summed E-state index contributed by atoms with van der Waals surface area (Å²) in [4.78, 5) is 15.8. The van der Waals surface area contributed by atoms with Crippen molar-refractivity contribution in [3.63, 3.8) is 0 Å². The maximum absolute atomic E-state index is 13.9. The smallest absolute Gasteiger partial charge is 0.229 e. The van der Waals surface area contributed by atoms with Gasteiger partial charge in [0.2, 0.25) is 5.91 Å². The molecule has 1 aliphatic heterocycles. The minimum Gasteiger partial charge on any atom is -0.491 e. The Hall–Kier alpha value is -3.80. The number of nitrogens with one attached hydrogen (secondary N) is 1. The van der Waals surface area contributed by atoms with Gasteiger partial charge in [0.05, 0.1) is 12.5 Å². The molecule has 2 heterocycles. The number of carbonyl (C=O) groups excluding carboxylic acids is 1. The van der Waals surface area contributed by atoms with Crippen LogP contribution in [0.25, 0.3) is 11.0 Å². The topological polar surface area (TPSA) is 67.6 Å². The van der Waals surface area contributed by atoms with Crippen molar-refractivity contribution in [2.45, 2.75) is 45.8 Å². The molecule has 6 heteroatoms. The summed E-state index contributed by atoms with van der Waals surface area (Å²) in [6.45, 7) is 5.95. The van der Waals surface area contributed by atoms with Gasteiger partial charge in [0.1, 0.15) is 18.1 Å². The van der Waals surface area contributed by atoms with Gasteiger partial charge in [-0.3, -0.25) is 4.79 Å². The molecule has 180 valence electrons. The van der Waals surface area contributed by atoms with Crippen LogP contribution in [0.1, 0.15) is 37.1 Å². The zero-order valence-electron chi connectivity index (χ0n) is 20.2. The summed E-state index contributed by atoms with van der Waals surface area (Å²) in [7, 11) is 0. The van der Waals surface area contributed by atoms with Crippen molar-refractivity contribution in [1.82, 2.24) is 10.1 Å². The van der Waals surface area contributed by atoms with Gasteiger partial charge in [-0.2, -0.15) is 0 Å². The van der Waals surface area contributed by atoms with Crippen LogP contribution in [0.4, 0.5) is 5.69 Å². The number of benzene rings is 3. The minimum absolute atomic E-state index is 0.0145. The van der Waals surface area contributed by atoms with E-state index in [2.05, 4.69) is 42.5 Å². The third kappa shape index (κ3) is 5.16. The van der Waals surface area contributed by atoms with Crippen LogP contribution < -0.4 is 10.1 Å². The first-order chi connectivity index (χ1) is 17.1. The van der Waals surface area contributed by atoms with Gasteiger partial charge >= 0.3 is 0 Å². The first-order valence-corrected chi connectivity index (χ1v) is 12.2. The molecule has 0 unspecified atom stereocenters. The predicted octanol–water partition coefficient (Wildman–Crippen LogP) is 5.82. The maximum Gasteiger partial charge on any atom is 0.229 e. The van der Waals surface area contributed by atoms with Gasteiger partial charge in [-0.05, 0) is 42.2 Å². The molecule has 1 N–H and O–H groups in total. The molecule has 1 aromatic heterocycles. The summed E-state index contributed by atoms with van der Waals surface area (Å²) < 4.78 is 11.8. The number of aromatic nitrogens is 1. The van der Waals surface area contributed by atoms with E-state index < -0.39 is 0 Å². The first-order valence-electron chi connectivity index (χ1n) is 12.2. The van der Waals surface area contributed by atoms with E-state index in [0.717, 1.165) is 34.4 Å². The van der Waals surface area contributed by atoms with E-state index in [9.17, 15) is 4.79 Å². The van der Waals surface area contributed by atoms with E-state index in [1.54, 1.807) is 0 Å². The highest BCUT2D eigenvalue weighted by Gasteiger charge is 2.28. The summed E-state index contributed by atoms with van der Waals surface area (Å²) in [5.41, 5.74) is 4.57. The van der Waals surface area contributed by atoms with Crippen LogP contribution >= 0.6 is 0 Å². The van der Waals surface area contributed by atoms with E-state index >= 15 is 0 Å². The van der Waals surface area contributed by atoms with E-state index in [1.165, 1.54) is 0 Å². The van der Waals surface area contributed by atoms with Crippen molar-refractivity contribution in [2.24, 2.45) is 5.92 Å². The second kappa shape index (κ2) is 10.2. The van der Waals surface area contributed by atoms with Crippen molar-refractivity contribution in [1.29, 1.82) is 0 Å². The molecule has 0 aliphatic carbocycles. The molecule has 1 amide bonds. The van der Waals surface area contributed by atoms with Crippen LogP contribution in [0.15, 0.2) is 77.3 Å². The van der Waals surface area contributed by atoms with Crippen molar-refractivity contribution in [3.8, 4) is 5.75 Å². The van der Waals surface area contributed by atoms with Crippen molar-refractivity contribution < 1.29 is 14.1 Å². The van der Waals surface area contributed by atoms with Gasteiger partial charge in [-0.25, -0.2) is 0 Å². The summed E-state index contributed by atoms with van der Waals surface area (Å²) in [5.74, 6) is 1.27. The van der Waals surface area contributed by atoms with Crippen molar-refractivity contribution >= 4 is 22.6 Å². The Labute approximate surface area is 205 Å². The monoisotopic (exact) mass is 469 g/mol. The molecular formula is C29H31N3O3. The van der Waals surface area contributed by atoms with Crippen LogP contribution in [0.5, 0.6) is 5.75 Å². The number of para-hydroxylation sites is 3. The highest BCUT2D eigenvalue weighted by molar-refractivity contribution is 5.86. The Morgan fingerprint density at radius 3 is 2.63 bits per heavy atom. The molecule has 5 rings (SSSR count). The second-order valence-corrected chi connectivity index (χ2v) is 9.54. The average molecular weight is 470 g/mol. The molecule has 0 saturated heterocycles. The van der Waals surface area contributed by atoms with Crippen LogP contribution in [0.2, 0.25) is 0 Å². The molecule has 0 fully saturated rings. The Morgan fingerprint density at radius 1 is 1.03 bits per heavy atom. The molecule has 35 heavy (non-hydrogen) atoms. The fourth-order valence-electron chi connectivity index (χ4n) is 4.74. The molecule has 0 bridgehead atoms. The van der Waals surface area contributed by atoms with E-state index in [1.807, 2.05) is 59.5 Å². The number of hydrogen-bond donors (Lipinski definition) is 1. The van der Waals surface area contributed by atoms with E-state index in [0.29, 0.717) is 36.9 Å². The lowest BCUT2D eigenvalue weighted by Crippen LogP contribution is -2.44. The zero-order valence-corrected chi connectivity index (χ0v) is 20.2. The van der Waals surface area contributed by atoms with Crippen molar-refractivity contribution in [2.75, 3.05) is 11.9 Å². The van der Waals surface area contributed by atoms with Crippen LogP contribution in [-0.4, -0.2) is 28.6 Å². The molecular weight excluding hydrogens is 438 g/mol. The van der Waals surface area contributed by atoms with Gasteiger partial charge in [-0.1, -0.05) is 67.5 Å². The standard InChI is InChI=1S/C29H31N3O3/c1-20(2)15-23-19-34-27-13-7-4-9-21(27)17-30-25-12-6-3-10-22(25)18-32(23)29(33)16-26-24-11-5-8-14-28(24)35-31-26/h3-14,20,23,30H,15-19H2,1-2H3/t23-/m0/s1. The lowest BCUT2D eigenvalue weighted by Gasteiger charge is -2.33. The molecule has 6 nitrogen and oxygen atoms in total. The number of hydrogen-bond acceptors (Lipinski definition) is 5. The lowest BCUT2D eigenvalue weighted by molar-refractivity contribution is -0.134. The third-order valence-electron chi connectivity index (χ3n) is 6.51. The largest absolute Gasteiger partial charge is 0.491 e. The van der Waals surface area contributed by atoms with Gasteiger partial charge in [-0.15, -0.1) is 0 Å². The number of rotatable bonds is 4. The predicted molar refractivity (Wildman–Crippen MR) is 137 cm³/mol. The highest BCUT2D eigenvalue weighted by atomic mass is 16.5. The van der Waals surface area contributed by atoms with Crippen molar-refractivity contribution in [3.05, 3.63) is 89.6 Å². The minimum atomic E-state index is -0.0834. The van der Waals surface area contributed by atoms with Gasteiger partial charge in [0, 0.05) is 29.7 Å². The average Bonchev–Trinajstić information content (AvgIpc) is 3.26. The maximum atomic E-state index is 13.9. The number of nitrogens with zero attached hydrogens (tertiary/aromatic N) is 2. The summed E-state index contributed by atoms with van der Waals surface area (Å²) in [6.07, 6.45) is 1.01. The molecule has 0 spiro atoms. The van der Waals surface area contributed by atoms with E-state index in [4.69, 9.17) is 9.26 Å². The molecule has 1 aliphatic rings. The molecule has 3 aromatic carbocycles. The third-order valence-corrected chi connectivity index (χ3v) is 6.51. The second-order valence-electron chi connectivity index (χ2n) is 9.54. The summed E-state index contributed by atoms with van der Waals surface area (Å²) in [5, 5.41) is 8.65. The fraction of sp³-hybridized carbons (Fsp3) is 0.310. The zero-order chi connectivity index (χ0) is 24.2. The Balaban J connectivity index is 1.52. The first kappa shape index (κ1) is 23.0. The number of fused-ring (bicyclic) bond motifs is 3. The number of anilines is 1. The Morgan fingerprint density at radius 2 is 1.77 bits per heavy atom. The fourth-order valence-corrected chi connectivity index (χ4v) is 4.74. The Bertz CT molecular complexity index is 1310. The summed E-state index contributed by atoms with van der Waals surface area (Å²) >= 11 is 0. The van der Waals surface area contributed by atoms with E-state index in [-0.39, 0.29) is 18.4 Å². The summed E-state index contributed by atoms with van der Waals surface area (Å²) in [6, 6.07) is 23.9. The molecule has 4 aromatic rings. The highest BCUT2D eigenvalue weighted by Crippen LogP contribution is 2.27. The van der Waals surface area contributed by atoms with Crippen LogP contribution in [-0.2, 0) is 24.3 Å². The van der Waals surface area contributed by atoms with Gasteiger partial charge in [0.15, 0.2) is 5.58 Å². The SMILES string of the molecule is CC(C)C[C@H]1COc2ccccc2CNc2ccccc2CN1C(=O)Cc1noc2ccccc12. The molecule has 0 radical (unpaired) electrons. The van der Waals surface area contributed by atoms with Gasteiger partial charge in [0.25, 0.3) is 0 Å². The Kier molecular flexibility index (Phi) is 6.70. The number of carbonyl (C=O) groups is 1. The number of amides is 1. The molecule has 1 atom stereocenters. The number of ether oxygens (including phenoxy) is 1. The normalized spacial score (nSPS) is 16.1. The lowest BCUT2D eigenvalue weighted by atomic mass is 10.0. The van der Waals surface area contributed by atoms with Crippen LogP contribution in [0, 0.1) is 5.92 Å². The molecule has 0 saturated carbocycles. The quantitative estimate of drug-likeness (QED) is 0.408.